The van der Waals surface area contributed by atoms with Gasteiger partial charge in [0.25, 0.3) is 0 Å². The van der Waals surface area contributed by atoms with Crippen LogP contribution < -0.4 is 4.74 Å². The largest absolute Gasteiger partial charge is 0.507 e. The van der Waals surface area contributed by atoms with E-state index >= 15 is 0 Å². The van der Waals surface area contributed by atoms with Gasteiger partial charge in [0.1, 0.15) is 23.1 Å². The van der Waals surface area contributed by atoms with Gasteiger partial charge < -0.3 is 9.84 Å². The van der Waals surface area contributed by atoms with Gasteiger partial charge in [0.2, 0.25) is 0 Å². The predicted octanol–water partition coefficient (Wildman–Crippen LogP) is 3.14. The number of carbonyl (C=O) groups excluding carboxylic acids is 1. The van der Waals surface area contributed by atoms with Crippen LogP contribution in [0.4, 0.5) is 4.39 Å². The summed E-state index contributed by atoms with van der Waals surface area (Å²) in [5.74, 6) is 0.320. The number of halogens is 1. The van der Waals surface area contributed by atoms with E-state index < -0.39 is 0 Å². The van der Waals surface area contributed by atoms with Crippen molar-refractivity contribution in [3.8, 4) is 17.2 Å². The molecular formula is C13H9FO3. The number of phenolic OH excluding ortho intramolecular Hbond substituents is 1. The normalized spacial score (nSPS) is 9.94. The molecule has 0 atom stereocenters. The van der Waals surface area contributed by atoms with Crippen LogP contribution in [0, 0.1) is 5.82 Å². The number of aldehydes is 1. The highest BCUT2D eigenvalue weighted by atomic mass is 19.1. The SMILES string of the molecule is O=Cc1ccc(Oc2ccc(F)cc2)cc1O. The Kier molecular flexibility index (Phi) is 3.05. The summed E-state index contributed by atoms with van der Waals surface area (Å²) in [6.45, 7) is 0. The zero-order valence-electron chi connectivity index (χ0n) is 8.76. The van der Waals surface area contributed by atoms with Gasteiger partial charge in [-0.2, -0.15) is 0 Å². The quantitative estimate of drug-likeness (QED) is 0.827. The number of aromatic hydroxyl groups is 1. The van der Waals surface area contributed by atoms with Crippen LogP contribution in [0.2, 0.25) is 0 Å². The molecule has 0 radical (unpaired) electrons. The van der Waals surface area contributed by atoms with Crippen LogP contribution >= 0.6 is 0 Å². The minimum absolute atomic E-state index is 0.153. The fourth-order valence-corrected chi connectivity index (χ4v) is 1.33. The summed E-state index contributed by atoms with van der Waals surface area (Å²) in [7, 11) is 0. The lowest BCUT2D eigenvalue weighted by Gasteiger charge is -2.06. The first-order chi connectivity index (χ1) is 8.19. The van der Waals surface area contributed by atoms with Gasteiger partial charge in [0, 0.05) is 6.07 Å². The maximum absolute atomic E-state index is 12.7. The van der Waals surface area contributed by atoms with Crippen LogP contribution in [-0.2, 0) is 0 Å². The number of rotatable bonds is 3. The zero-order valence-corrected chi connectivity index (χ0v) is 8.76. The highest BCUT2D eigenvalue weighted by Gasteiger charge is 2.03. The molecular weight excluding hydrogens is 223 g/mol. The van der Waals surface area contributed by atoms with Gasteiger partial charge in [-0.1, -0.05) is 0 Å². The van der Waals surface area contributed by atoms with E-state index in [0.717, 1.165) is 0 Å². The molecule has 0 fully saturated rings. The average Bonchev–Trinajstić information content (AvgIpc) is 2.32. The summed E-state index contributed by atoms with van der Waals surface area (Å²) in [6, 6.07) is 9.81. The lowest BCUT2D eigenvalue weighted by molar-refractivity contribution is 0.112. The van der Waals surface area contributed by atoms with Gasteiger partial charge in [0.05, 0.1) is 5.56 Å². The Morgan fingerprint density at radius 2 is 1.71 bits per heavy atom. The number of hydrogen-bond acceptors (Lipinski definition) is 3. The summed E-state index contributed by atoms with van der Waals surface area (Å²) < 4.78 is 18.0. The second kappa shape index (κ2) is 4.65. The van der Waals surface area contributed by atoms with Gasteiger partial charge in [-0.05, 0) is 36.4 Å². The molecule has 0 saturated heterocycles. The summed E-state index contributed by atoms with van der Waals surface area (Å²) >= 11 is 0. The Bertz CT molecular complexity index is 535. The molecule has 2 rings (SSSR count). The Morgan fingerprint density at radius 3 is 2.29 bits per heavy atom. The number of phenols is 1. The molecule has 0 aromatic heterocycles. The van der Waals surface area contributed by atoms with Crippen LogP contribution in [0.25, 0.3) is 0 Å². The first kappa shape index (κ1) is 11.1. The Balaban J connectivity index is 2.21. The molecule has 0 bridgehead atoms. The molecule has 2 aromatic rings. The van der Waals surface area contributed by atoms with E-state index in [9.17, 15) is 14.3 Å². The van der Waals surface area contributed by atoms with Crippen molar-refractivity contribution in [2.75, 3.05) is 0 Å². The fourth-order valence-electron chi connectivity index (χ4n) is 1.33. The van der Waals surface area contributed by atoms with Crippen molar-refractivity contribution in [1.29, 1.82) is 0 Å². The van der Waals surface area contributed by atoms with Gasteiger partial charge in [-0.3, -0.25) is 4.79 Å². The molecule has 3 nitrogen and oxygen atoms in total. The van der Waals surface area contributed by atoms with Crippen molar-refractivity contribution in [1.82, 2.24) is 0 Å². The van der Waals surface area contributed by atoms with E-state index in [4.69, 9.17) is 4.74 Å². The molecule has 86 valence electrons. The van der Waals surface area contributed by atoms with Crippen LogP contribution in [0.3, 0.4) is 0 Å². The Labute approximate surface area is 97.1 Å². The molecule has 0 aliphatic carbocycles. The van der Waals surface area contributed by atoms with Crippen molar-refractivity contribution >= 4 is 6.29 Å². The number of hydrogen-bond donors (Lipinski definition) is 1. The third-order valence-electron chi connectivity index (χ3n) is 2.18. The van der Waals surface area contributed by atoms with E-state index in [1.54, 1.807) is 6.07 Å². The maximum atomic E-state index is 12.7. The average molecular weight is 232 g/mol. The minimum atomic E-state index is -0.350. The molecule has 0 heterocycles. The molecule has 0 unspecified atom stereocenters. The first-order valence-electron chi connectivity index (χ1n) is 4.90. The molecule has 1 N–H and O–H groups in total. The first-order valence-corrected chi connectivity index (χ1v) is 4.90. The topological polar surface area (TPSA) is 46.5 Å². The van der Waals surface area contributed by atoms with Crippen LogP contribution in [-0.4, -0.2) is 11.4 Å². The third-order valence-corrected chi connectivity index (χ3v) is 2.18. The summed E-state index contributed by atoms with van der Waals surface area (Å²) in [5, 5.41) is 9.44. The monoisotopic (exact) mass is 232 g/mol. The van der Waals surface area contributed by atoms with Crippen molar-refractivity contribution in [3.05, 3.63) is 53.8 Å². The molecule has 4 heteroatoms. The van der Waals surface area contributed by atoms with Gasteiger partial charge in [-0.15, -0.1) is 0 Å². The van der Waals surface area contributed by atoms with Gasteiger partial charge >= 0.3 is 0 Å². The van der Waals surface area contributed by atoms with E-state index in [0.29, 0.717) is 17.8 Å². The molecule has 0 spiro atoms. The standard InChI is InChI=1S/C13H9FO3/c14-10-2-5-11(6-3-10)17-12-4-1-9(8-15)13(16)7-12/h1-8,16H. The molecule has 17 heavy (non-hydrogen) atoms. The minimum Gasteiger partial charge on any atom is -0.507 e. The predicted molar refractivity (Wildman–Crippen MR) is 60.0 cm³/mol. The van der Waals surface area contributed by atoms with Crippen molar-refractivity contribution in [2.24, 2.45) is 0 Å². The van der Waals surface area contributed by atoms with E-state index in [1.165, 1.54) is 36.4 Å². The lowest BCUT2D eigenvalue weighted by Crippen LogP contribution is -1.86. The van der Waals surface area contributed by atoms with Crippen LogP contribution in [0.1, 0.15) is 10.4 Å². The maximum Gasteiger partial charge on any atom is 0.153 e. The molecule has 2 aromatic carbocycles. The van der Waals surface area contributed by atoms with E-state index in [2.05, 4.69) is 0 Å². The molecule has 0 aliphatic rings. The van der Waals surface area contributed by atoms with Crippen LogP contribution in [0.15, 0.2) is 42.5 Å². The smallest absolute Gasteiger partial charge is 0.153 e. The highest BCUT2D eigenvalue weighted by Crippen LogP contribution is 2.26. The fraction of sp³-hybridized carbons (Fsp3) is 0. The summed E-state index contributed by atoms with van der Waals surface area (Å²) in [6.07, 6.45) is 0.553. The van der Waals surface area contributed by atoms with Gasteiger partial charge in [-0.25, -0.2) is 4.39 Å². The van der Waals surface area contributed by atoms with Crippen molar-refractivity contribution in [3.63, 3.8) is 0 Å². The third kappa shape index (κ3) is 2.60. The van der Waals surface area contributed by atoms with Crippen molar-refractivity contribution < 1.29 is 19.0 Å². The molecule has 0 saturated carbocycles. The Morgan fingerprint density at radius 1 is 1.06 bits per heavy atom. The number of ether oxygens (including phenoxy) is 1. The lowest BCUT2D eigenvalue weighted by atomic mass is 10.2. The second-order valence-corrected chi connectivity index (χ2v) is 3.39. The number of carbonyl (C=O) groups is 1. The summed E-state index contributed by atoms with van der Waals surface area (Å²) in [4.78, 5) is 10.5. The van der Waals surface area contributed by atoms with E-state index in [-0.39, 0.29) is 17.1 Å². The van der Waals surface area contributed by atoms with Crippen LogP contribution in [0.5, 0.6) is 17.2 Å². The molecule has 0 amide bonds. The van der Waals surface area contributed by atoms with E-state index in [1.807, 2.05) is 0 Å². The summed E-state index contributed by atoms with van der Waals surface area (Å²) in [5.41, 5.74) is 0.191. The second-order valence-electron chi connectivity index (χ2n) is 3.39. The zero-order chi connectivity index (χ0) is 12.3. The number of benzene rings is 2. The van der Waals surface area contributed by atoms with Crippen molar-refractivity contribution in [2.45, 2.75) is 0 Å². The molecule has 0 aliphatic heterocycles. The highest BCUT2D eigenvalue weighted by molar-refractivity contribution is 5.79. The van der Waals surface area contributed by atoms with Gasteiger partial charge in [0.15, 0.2) is 6.29 Å². The Hall–Kier alpha value is -2.36.